The minimum absolute atomic E-state index is 0.0492. The lowest BCUT2D eigenvalue weighted by molar-refractivity contribution is 0.0613. The van der Waals surface area contributed by atoms with Crippen LogP contribution in [0.4, 0.5) is 0 Å². The Hall–Kier alpha value is -2.30. The van der Waals surface area contributed by atoms with E-state index in [-0.39, 0.29) is 5.91 Å². The summed E-state index contributed by atoms with van der Waals surface area (Å²) >= 11 is 0. The molecule has 2 aromatic rings. The van der Waals surface area contributed by atoms with Gasteiger partial charge in [-0.2, -0.15) is 0 Å². The molecule has 1 amide bonds. The maximum atomic E-state index is 12.6. The molecular formula is C18H22N2O3. The van der Waals surface area contributed by atoms with Gasteiger partial charge < -0.3 is 14.2 Å². The van der Waals surface area contributed by atoms with Crippen molar-refractivity contribution in [2.24, 2.45) is 11.8 Å². The summed E-state index contributed by atoms with van der Waals surface area (Å²) in [7, 11) is 1.63. The summed E-state index contributed by atoms with van der Waals surface area (Å²) in [6.07, 6.45) is 1.17. The second-order valence-corrected chi connectivity index (χ2v) is 6.46. The first-order chi connectivity index (χ1) is 11.1. The molecule has 0 N–H and O–H groups in total. The Kier molecular flexibility index (Phi) is 4.37. The highest BCUT2D eigenvalue weighted by molar-refractivity contribution is 5.93. The molecule has 2 atom stereocenters. The van der Waals surface area contributed by atoms with Crippen molar-refractivity contribution in [3.63, 3.8) is 0 Å². The van der Waals surface area contributed by atoms with Crippen LogP contribution in [0.5, 0.6) is 5.75 Å². The Labute approximate surface area is 136 Å². The maximum Gasteiger partial charge on any atom is 0.276 e. The highest BCUT2D eigenvalue weighted by atomic mass is 16.5. The Bertz CT molecular complexity index is 668. The molecule has 0 saturated carbocycles. The molecule has 1 aromatic heterocycles. The van der Waals surface area contributed by atoms with E-state index >= 15 is 0 Å². The summed E-state index contributed by atoms with van der Waals surface area (Å²) in [5.74, 6) is 2.37. The standard InChI is InChI=1S/C18H22N2O3/c1-12-8-13(2)11-20(10-12)18(21)16-9-17(23-19-16)14-4-6-15(22-3)7-5-14/h4-7,9,12-13H,8,10-11H2,1-3H3/t12-,13-/m1/s1. The lowest BCUT2D eigenvalue weighted by atomic mass is 9.92. The van der Waals surface area contributed by atoms with Crippen molar-refractivity contribution in [1.82, 2.24) is 10.1 Å². The second kappa shape index (κ2) is 6.44. The van der Waals surface area contributed by atoms with E-state index < -0.39 is 0 Å². The predicted molar refractivity (Wildman–Crippen MR) is 87.3 cm³/mol. The average molecular weight is 314 g/mol. The number of benzene rings is 1. The highest BCUT2D eigenvalue weighted by Crippen LogP contribution is 2.25. The molecule has 1 saturated heterocycles. The van der Waals surface area contributed by atoms with Gasteiger partial charge in [0.1, 0.15) is 5.75 Å². The first kappa shape index (κ1) is 15.6. The number of rotatable bonds is 3. The number of likely N-dealkylation sites (tertiary alicyclic amines) is 1. The van der Waals surface area contributed by atoms with Crippen LogP contribution >= 0.6 is 0 Å². The van der Waals surface area contributed by atoms with Gasteiger partial charge in [0.2, 0.25) is 0 Å². The maximum absolute atomic E-state index is 12.6. The van der Waals surface area contributed by atoms with Crippen molar-refractivity contribution >= 4 is 5.91 Å². The molecule has 5 heteroatoms. The van der Waals surface area contributed by atoms with Crippen molar-refractivity contribution < 1.29 is 14.1 Å². The van der Waals surface area contributed by atoms with Crippen LogP contribution < -0.4 is 4.74 Å². The molecule has 122 valence electrons. The largest absolute Gasteiger partial charge is 0.497 e. The SMILES string of the molecule is COc1ccc(-c2cc(C(=O)N3C[C@H](C)C[C@@H](C)C3)no2)cc1. The Balaban J connectivity index is 1.76. The van der Waals surface area contributed by atoms with E-state index in [1.165, 1.54) is 6.42 Å². The quantitative estimate of drug-likeness (QED) is 0.870. The molecular weight excluding hydrogens is 292 g/mol. The first-order valence-corrected chi connectivity index (χ1v) is 7.97. The van der Waals surface area contributed by atoms with Gasteiger partial charge in [0, 0.05) is 24.7 Å². The van der Waals surface area contributed by atoms with E-state index in [9.17, 15) is 4.79 Å². The van der Waals surface area contributed by atoms with Gasteiger partial charge in [-0.3, -0.25) is 4.79 Å². The van der Waals surface area contributed by atoms with Gasteiger partial charge in [-0.15, -0.1) is 0 Å². The Morgan fingerprint density at radius 3 is 2.48 bits per heavy atom. The molecule has 2 heterocycles. The van der Waals surface area contributed by atoms with Crippen LogP contribution in [0.15, 0.2) is 34.9 Å². The van der Waals surface area contributed by atoms with Gasteiger partial charge in [-0.05, 0) is 42.5 Å². The summed E-state index contributed by atoms with van der Waals surface area (Å²) < 4.78 is 10.5. The number of hydrogen-bond acceptors (Lipinski definition) is 4. The third kappa shape index (κ3) is 3.38. The summed E-state index contributed by atoms with van der Waals surface area (Å²) in [6, 6.07) is 9.20. The summed E-state index contributed by atoms with van der Waals surface area (Å²) in [5.41, 5.74) is 1.25. The fourth-order valence-electron chi connectivity index (χ4n) is 3.26. The number of piperidine rings is 1. The second-order valence-electron chi connectivity index (χ2n) is 6.46. The van der Waals surface area contributed by atoms with E-state index in [1.807, 2.05) is 29.2 Å². The first-order valence-electron chi connectivity index (χ1n) is 7.97. The van der Waals surface area contributed by atoms with E-state index in [0.29, 0.717) is 23.3 Å². The van der Waals surface area contributed by atoms with E-state index in [4.69, 9.17) is 9.26 Å². The number of hydrogen-bond donors (Lipinski definition) is 0. The zero-order valence-corrected chi connectivity index (χ0v) is 13.8. The summed E-state index contributed by atoms with van der Waals surface area (Å²) in [6.45, 7) is 5.94. The molecule has 23 heavy (non-hydrogen) atoms. The smallest absolute Gasteiger partial charge is 0.276 e. The van der Waals surface area contributed by atoms with Gasteiger partial charge in [0.15, 0.2) is 11.5 Å². The lowest BCUT2D eigenvalue weighted by Gasteiger charge is -2.34. The average Bonchev–Trinajstić information content (AvgIpc) is 3.03. The van der Waals surface area contributed by atoms with Crippen LogP contribution in [0.25, 0.3) is 11.3 Å². The Morgan fingerprint density at radius 2 is 1.87 bits per heavy atom. The van der Waals surface area contributed by atoms with Crippen LogP contribution in [-0.4, -0.2) is 36.2 Å². The molecule has 0 radical (unpaired) electrons. The molecule has 0 bridgehead atoms. The number of aromatic nitrogens is 1. The fourth-order valence-corrected chi connectivity index (χ4v) is 3.26. The molecule has 0 spiro atoms. The number of methoxy groups -OCH3 is 1. The molecule has 0 aliphatic carbocycles. The number of amides is 1. The van der Waals surface area contributed by atoms with Crippen molar-refractivity contribution in [2.75, 3.05) is 20.2 Å². The molecule has 1 aliphatic rings. The van der Waals surface area contributed by atoms with Gasteiger partial charge in [0.05, 0.1) is 7.11 Å². The third-order valence-corrected chi connectivity index (χ3v) is 4.26. The number of ether oxygens (including phenoxy) is 1. The van der Waals surface area contributed by atoms with E-state index in [1.54, 1.807) is 13.2 Å². The number of carbonyl (C=O) groups is 1. The van der Waals surface area contributed by atoms with Gasteiger partial charge >= 0.3 is 0 Å². The topological polar surface area (TPSA) is 55.6 Å². The molecule has 1 fully saturated rings. The number of nitrogens with zero attached hydrogens (tertiary/aromatic N) is 2. The van der Waals surface area contributed by atoms with Crippen molar-refractivity contribution in [3.8, 4) is 17.1 Å². The van der Waals surface area contributed by atoms with Crippen molar-refractivity contribution in [2.45, 2.75) is 20.3 Å². The molecule has 1 aliphatic heterocycles. The van der Waals surface area contributed by atoms with Crippen LogP contribution in [0.1, 0.15) is 30.8 Å². The van der Waals surface area contributed by atoms with Crippen molar-refractivity contribution in [3.05, 3.63) is 36.0 Å². The monoisotopic (exact) mass is 314 g/mol. The highest BCUT2D eigenvalue weighted by Gasteiger charge is 2.28. The Morgan fingerprint density at radius 1 is 1.22 bits per heavy atom. The van der Waals surface area contributed by atoms with Crippen LogP contribution in [0, 0.1) is 11.8 Å². The molecule has 1 aromatic carbocycles. The molecule has 5 nitrogen and oxygen atoms in total. The summed E-state index contributed by atoms with van der Waals surface area (Å²) in [5, 5.41) is 3.96. The van der Waals surface area contributed by atoms with Crippen LogP contribution in [0.2, 0.25) is 0 Å². The van der Waals surface area contributed by atoms with Gasteiger partial charge in [0.25, 0.3) is 5.91 Å². The molecule has 0 unspecified atom stereocenters. The third-order valence-electron chi connectivity index (χ3n) is 4.26. The summed E-state index contributed by atoms with van der Waals surface area (Å²) in [4.78, 5) is 14.5. The van der Waals surface area contributed by atoms with Crippen molar-refractivity contribution in [1.29, 1.82) is 0 Å². The van der Waals surface area contributed by atoms with E-state index in [2.05, 4.69) is 19.0 Å². The zero-order valence-electron chi connectivity index (χ0n) is 13.8. The number of carbonyl (C=O) groups excluding carboxylic acids is 1. The molecule has 3 rings (SSSR count). The van der Waals surface area contributed by atoms with Crippen LogP contribution in [0.3, 0.4) is 0 Å². The van der Waals surface area contributed by atoms with E-state index in [0.717, 1.165) is 24.4 Å². The zero-order chi connectivity index (χ0) is 16.4. The minimum Gasteiger partial charge on any atom is -0.497 e. The lowest BCUT2D eigenvalue weighted by Crippen LogP contribution is -2.42. The fraction of sp³-hybridized carbons (Fsp3) is 0.444. The van der Waals surface area contributed by atoms with Crippen LogP contribution in [-0.2, 0) is 0 Å². The van der Waals surface area contributed by atoms with Gasteiger partial charge in [-0.25, -0.2) is 0 Å². The normalized spacial score (nSPS) is 21.3. The predicted octanol–water partition coefficient (Wildman–Crippen LogP) is 3.47. The van der Waals surface area contributed by atoms with Gasteiger partial charge in [-0.1, -0.05) is 19.0 Å². The minimum atomic E-state index is -0.0492.